The van der Waals surface area contributed by atoms with Crippen LogP contribution < -0.4 is 5.32 Å². The first kappa shape index (κ1) is 23.6. The number of rotatable bonds is 9. The number of carbonyl (C=O) groups is 2. The van der Waals surface area contributed by atoms with Crippen molar-refractivity contribution in [2.45, 2.75) is 25.9 Å². The van der Waals surface area contributed by atoms with Crippen molar-refractivity contribution in [3.63, 3.8) is 0 Å². The summed E-state index contributed by atoms with van der Waals surface area (Å²) < 4.78 is 0. The van der Waals surface area contributed by atoms with Crippen molar-refractivity contribution in [2.75, 3.05) is 18.4 Å². The summed E-state index contributed by atoms with van der Waals surface area (Å²) in [6, 6.07) is 18.5. The minimum atomic E-state index is -0.315. The summed E-state index contributed by atoms with van der Waals surface area (Å²) in [6.07, 6.45) is 2.15. The lowest BCUT2D eigenvalue weighted by molar-refractivity contribution is -0.133. The maximum absolute atomic E-state index is 13.4. The molecule has 0 unspecified atom stereocenters. The second-order valence-corrected chi connectivity index (χ2v) is 10.0. The second kappa shape index (κ2) is 11.1. The summed E-state index contributed by atoms with van der Waals surface area (Å²) in [7, 11) is 0. The highest BCUT2D eigenvalue weighted by Crippen LogP contribution is 2.30. The zero-order chi connectivity index (χ0) is 23.2. The van der Waals surface area contributed by atoms with Gasteiger partial charge in [-0.2, -0.15) is 0 Å². The third kappa shape index (κ3) is 6.97. The van der Waals surface area contributed by atoms with Gasteiger partial charge in [-0.3, -0.25) is 4.79 Å². The molecule has 5 nitrogen and oxygen atoms in total. The minimum absolute atomic E-state index is 0.0157. The van der Waals surface area contributed by atoms with Gasteiger partial charge >= 0.3 is 6.03 Å². The normalized spacial score (nSPS) is 12.9. The van der Waals surface area contributed by atoms with Crippen LogP contribution in [0.2, 0.25) is 10.0 Å². The number of anilines is 1. The smallest absolute Gasteiger partial charge is 0.322 e. The molecule has 2 aromatic carbocycles. The number of nitrogens with zero attached hydrogens (tertiary/aromatic N) is 2. The van der Waals surface area contributed by atoms with Gasteiger partial charge in [0.15, 0.2) is 0 Å². The average molecular weight is 502 g/mol. The highest BCUT2D eigenvalue weighted by molar-refractivity contribution is 7.09. The molecule has 1 fully saturated rings. The largest absolute Gasteiger partial charge is 0.332 e. The molecule has 4 rings (SSSR count). The van der Waals surface area contributed by atoms with Crippen LogP contribution >= 0.6 is 34.5 Å². The first-order valence-electron chi connectivity index (χ1n) is 10.8. The number of hydrogen-bond donors (Lipinski definition) is 1. The lowest BCUT2D eigenvalue weighted by atomic mass is 10.2. The molecule has 3 amide bonds. The minimum Gasteiger partial charge on any atom is -0.332 e. The Labute approximate surface area is 207 Å². The van der Waals surface area contributed by atoms with E-state index >= 15 is 0 Å². The van der Waals surface area contributed by atoms with E-state index in [-0.39, 0.29) is 18.5 Å². The quantitative estimate of drug-likeness (QED) is 0.362. The van der Waals surface area contributed by atoms with E-state index in [0.29, 0.717) is 41.3 Å². The van der Waals surface area contributed by atoms with Gasteiger partial charge in [0.2, 0.25) is 5.91 Å². The Morgan fingerprint density at radius 2 is 1.73 bits per heavy atom. The van der Waals surface area contributed by atoms with Gasteiger partial charge in [-0.1, -0.05) is 59.6 Å². The van der Waals surface area contributed by atoms with Crippen LogP contribution in [-0.2, 0) is 17.9 Å². The number of halogens is 2. The van der Waals surface area contributed by atoms with Crippen LogP contribution in [0.3, 0.4) is 0 Å². The van der Waals surface area contributed by atoms with Crippen molar-refractivity contribution < 1.29 is 9.59 Å². The van der Waals surface area contributed by atoms with Crippen molar-refractivity contribution >= 4 is 52.2 Å². The summed E-state index contributed by atoms with van der Waals surface area (Å²) in [5.74, 6) is 0.356. The number of benzene rings is 2. The Balaban J connectivity index is 1.48. The number of nitrogens with one attached hydrogen (secondary N) is 1. The first-order valence-corrected chi connectivity index (χ1v) is 12.5. The summed E-state index contributed by atoms with van der Waals surface area (Å²) in [5, 5.41) is 5.65. The highest BCUT2D eigenvalue weighted by Gasteiger charge is 2.29. The zero-order valence-electron chi connectivity index (χ0n) is 18.0. The van der Waals surface area contributed by atoms with E-state index in [1.54, 1.807) is 34.4 Å². The standard InChI is InChI=1S/C25H25Cl2N3O2S/c26-22-11-10-20(13-23(22)27)28-25(32)30(15-19-8-9-19)17-24(31)29(16-21-7-4-12-33-21)14-18-5-2-1-3-6-18/h1-7,10-13,19H,8-9,14-17H2,(H,28,32). The Bertz CT molecular complexity index is 1090. The van der Waals surface area contributed by atoms with Gasteiger partial charge in [-0.05, 0) is 54.0 Å². The number of thiophene rings is 1. The van der Waals surface area contributed by atoms with E-state index in [9.17, 15) is 9.59 Å². The zero-order valence-corrected chi connectivity index (χ0v) is 20.4. The Kier molecular flexibility index (Phi) is 7.91. The number of hydrogen-bond acceptors (Lipinski definition) is 3. The fraction of sp³-hybridized carbons (Fsp3) is 0.280. The molecule has 1 aliphatic carbocycles. The maximum atomic E-state index is 13.4. The van der Waals surface area contributed by atoms with Crippen molar-refractivity contribution in [3.8, 4) is 0 Å². The molecule has 8 heteroatoms. The van der Waals surface area contributed by atoms with Gasteiger partial charge in [-0.15, -0.1) is 11.3 Å². The van der Waals surface area contributed by atoms with E-state index in [1.165, 1.54) is 0 Å². The summed E-state index contributed by atoms with van der Waals surface area (Å²) >= 11 is 13.7. The van der Waals surface area contributed by atoms with Crippen LogP contribution in [-0.4, -0.2) is 34.8 Å². The highest BCUT2D eigenvalue weighted by atomic mass is 35.5. The molecule has 1 aliphatic rings. The SMILES string of the molecule is O=C(CN(CC1CC1)C(=O)Nc1ccc(Cl)c(Cl)c1)N(Cc1ccccc1)Cc1cccs1. The fourth-order valence-corrected chi connectivity index (χ4v) is 4.52. The van der Waals surface area contributed by atoms with Crippen molar-refractivity contribution in [2.24, 2.45) is 5.92 Å². The lowest BCUT2D eigenvalue weighted by Crippen LogP contribution is -2.45. The molecule has 0 atom stereocenters. The molecule has 0 bridgehead atoms. The molecule has 3 aromatic rings. The van der Waals surface area contributed by atoms with Crippen LogP contribution in [0.25, 0.3) is 0 Å². The molecule has 1 N–H and O–H groups in total. The molecule has 1 heterocycles. The Hall–Kier alpha value is -2.54. The van der Waals surface area contributed by atoms with E-state index in [1.807, 2.05) is 52.7 Å². The second-order valence-electron chi connectivity index (χ2n) is 8.20. The van der Waals surface area contributed by atoms with Crippen molar-refractivity contribution in [1.29, 1.82) is 0 Å². The molecule has 172 valence electrons. The van der Waals surface area contributed by atoms with Gasteiger partial charge in [0.1, 0.15) is 6.54 Å². The summed E-state index contributed by atoms with van der Waals surface area (Å²) in [6.45, 7) is 1.57. The van der Waals surface area contributed by atoms with Crippen molar-refractivity contribution in [1.82, 2.24) is 9.80 Å². The van der Waals surface area contributed by atoms with Crippen LogP contribution in [0.4, 0.5) is 10.5 Å². The Morgan fingerprint density at radius 3 is 2.39 bits per heavy atom. The predicted octanol–water partition coefficient (Wildman–Crippen LogP) is 6.53. The predicted molar refractivity (Wildman–Crippen MR) is 135 cm³/mol. The third-order valence-electron chi connectivity index (χ3n) is 5.46. The monoisotopic (exact) mass is 501 g/mol. The first-order chi connectivity index (χ1) is 16.0. The topological polar surface area (TPSA) is 52.7 Å². The lowest BCUT2D eigenvalue weighted by Gasteiger charge is -2.28. The van der Waals surface area contributed by atoms with Gasteiger partial charge in [0.05, 0.1) is 16.6 Å². The van der Waals surface area contributed by atoms with Crippen LogP contribution in [0, 0.1) is 5.92 Å². The number of urea groups is 1. The van der Waals surface area contributed by atoms with Gasteiger partial charge < -0.3 is 15.1 Å². The van der Waals surface area contributed by atoms with Gasteiger partial charge in [0, 0.05) is 23.7 Å². The van der Waals surface area contributed by atoms with Crippen LogP contribution in [0.1, 0.15) is 23.3 Å². The number of amides is 3. The third-order valence-corrected chi connectivity index (χ3v) is 7.06. The fourth-order valence-electron chi connectivity index (χ4n) is 3.50. The van der Waals surface area contributed by atoms with Crippen molar-refractivity contribution in [3.05, 3.63) is 86.5 Å². The van der Waals surface area contributed by atoms with Gasteiger partial charge in [0.25, 0.3) is 0 Å². The molecule has 0 aliphatic heterocycles. The summed E-state index contributed by atoms with van der Waals surface area (Å²) in [5.41, 5.74) is 1.60. The average Bonchev–Trinajstić information content (AvgIpc) is 3.48. The van der Waals surface area contributed by atoms with E-state index in [2.05, 4.69) is 5.32 Å². The van der Waals surface area contributed by atoms with E-state index < -0.39 is 0 Å². The molecule has 33 heavy (non-hydrogen) atoms. The maximum Gasteiger partial charge on any atom is 0.322 e. The van der Waals surface area contributed by atoms with E-state index in [0.717, 1.165) is 23.3 Å². The molecule has 1 aromatic heterocycles. The molecule has 0 radical (unpaired) electrons. The number of carbonyl (C=O) groups excluding carboxylic acids is 2. The molecule has 0 saturated heterocycles. The molecular formula is C25H25Cl2N3O2S. The molecular weight excluding hydrogens is 477 g/mol. The van der Waals surface area contributed by atoms with E-state index in [4.69, 9.17) is 23.2 Å². The molecule has 1 saturated carbocycles. The van der Waals surface area contributed by atoms with Crippen LogP contribution in [0.5, 0.6) is 0 Å². The van der Waals surface area contributed by atoms with Gasteiger partial charge in [-0.25, -0.2) is 4.79 Å². The summed E-state index contributed by atoms with van der Waals surface area (Å²) in [4.78, 5) is 31.0. The molecule has 0 spiro atoms. The van der Waals surface area contributed by atoms with Crippen LogP contribution in [0.15, 0.2) is 66.0 Å². The Morgan fingerprint density at radius 1 is 0.939 bits per heavy atom.